The van der Waals surface area contributed by atoms with Gasteiger partial charge in [0.1, 0.15) is 0 Å². The van der Waals surface area contributed by atoms with Crippen LogP contribution in [0.1, 0.15) is 64.1 Å². The SMILES string of the molecule is CC(C)c1noc(NC2CCN(C3CCCCC3O)CC2)n1. The van der Waals surface area contributed by atoms with E-state index in [1.807, 2.05) is 0 Å². The molecular formula is C16H28N4O2. The molecule has 2 atom stereocenters. The van der Waals surface area contributed by atoms with Gasteiger partial charge in [-0.2, -0.15) is 4.98 Å². The van der Waals surface area contributed by atoms with Crippen LogP contribution in [0, 0.1) is 0 Å². The highest BCUT2D eigenvalue weighted by Gasteiger charge is 2.31. The second-order valence-electron chi connectivity index (χ2n) is 6.99. The highest BCUT2D eigenvalue weighted by Crippen LogP contribution is 2.26. The molecule has 2 N–H and O–H groups in total. The molecule has 1 aromatic rings. The van der Waals surface area contributed by atoms with Crippen molar-refractivity contribution in [1.82, 2.24) is 15.0 Å². The van der Waals surface area contributed by atoms with Crippen LogP contribution in [-0.4, -0.2) is 51.4 Å². The van der Waals surface area contributed by atoms with E-state index in [1.54, 1.807) is 0 Å². The Kier molecular flexibility index (Phi) is 4.98. The fourth-order valence-electron chi connectivity index (χ4n) is 3.60. The lowest BCUT2D eigenvalue weighted by Gasteiger charge is -2.41. The molecule has 2 heterocycles. The number of nitrogens with zero attached hydrogens (tertiary/aromatic N) is 3. The monoisotopic (exact) mass is 308 g/mol. The van der Waals surface area contributed by atoms with Gasteiger partial charge in [-0.05, 0) is 25.7 Å². The fraction of sp³-hybridized carbons (Fsp3) is 0.875. The normalized spacial score (nSPS) is 28.2. The summed E-state index contributed by atoms with van der Waals surface area (Å²) >= 11 is 0. The molecule has 0 aromatic carbocycles. The number of likely N-dealkylation sites (tertiary alicyclic amines) is 1. The van der Waals surface area contributed by atoms with Gasteiger partial charge in [0.15, 0.2) is 5.82 Å². The van der Waals surface area contributed by atoms with Crippen LogP contribution >= 0.6 is 0 Å². The van der Waals surface area contributed by atoms with Crippen LogP contribution < -0.4 is 5.32 Å². The van der Waals surface area contributed by atoms with Crippen LogP contribution in [0.4, 0.5) is 6.01 Å². The molecule has 0 radical (unpaired) electrons. The first kappa shape index (κ1) is 15.7. The van der Waals surface area contributed by atoms with E-state index in [0.717, 1.165) is 44.6 Å². The summed E-state index contributed by atoms with van der Waals surface area (Å²) in [5, 5.41) is 17.5. The lowest BCUT2D eigenvalue weighted by Crippen LogP contribution is -2.50. The maximum absolute atomic E-state index is 10.2. The molecular weight excluding hydrogens is 280 g/mol. The van der Waals surface area contributed by atoms with Crippen LogP contribution in [0.25, 0.3) is 0 Å². The summed E-state index contributed by atoms with van der Waals surface area (Å²) in [6.07, 6.45) is 6.50. The standard InChI is InChI=1S/C16H28N4O2/c1-11(2)15-18-16(22-19-15)17-12-7-9-20(10-8-12)13-5-3-4-6-14(13)21/h11-14,21H,3-10H2,1-2H3,(H,17,18,19). The number of rotatable bonds is 4. The summed E-state index contributed by atoms with van der Waals surface area (Å²) < 4.78 is 5.26. The number of aliphatic hydroxyl groups is 1. The number of aromatic nitrogens is 2. The van der Waals surface area contributed by atoms with Gasteiger partial charge in [0.25, 0.3) is 0 Å². The quantitative estimate of drug-likeness (QED) is 0.889. The van der Waals surface area contributed by atoms with E-state index in [4.69, 9.17) is 4.52 Å². The molecule has 0 bridgehead atoms. The largest absolute Gasteiger partial charge is 0.391 e. The molecule has 2 fully saturated rings. The molecule has 22 heavy (non-hydrogen) atoms. The van der Waals surface area contributed by atoms with Gasteiger partial charge in [-0.1, -0.05) is 31.8 Å². The third kappa shape index (κ3) is 3.60. The Morgan fingerprint density at radius 1 is 1.18 bits per heavy atom. The first-order chi connectivity index (χ1) is 10.6. The van der Waals surface area contributed by atoms with Gasteiger partial charge in [-0.25, -0.2) is 0 Å². The summed E-state index contributed by atoms with van der Waals surface area (Å²) in [6.45, 7) is 6.18. The van der Waals surface area contributed by atoms with Crippen molar-refractivity contribution in [3.05, 3.63) is 5.82 Å². The molecule has 3 rings (SSSR count). The number of hydrogen-bond donors (Lipinski definition) is 2. The number of anilines is 1. The van der Waals surface area contributed by atoms with Crippen LogP contribution in [-0.2, 0) is 0 Å². The van der Waals surface area contributed by atoms with Crippen molar-refractivity contribution in [3.63, 3.8) is 0 Å². The number of piperidine rings is 1. The summed E-state index contributed by atoms with van der Waals surface area (Å²) in [4.78, 5) is 6.85. The van der Waals surface area contributed by atoms with E-state index in [0.29, 0.717) is 18.1 Å². The van der Waals surface area contributed by atoms with Crippen LogP contribution in [0.2, 0.25) is 0 Å². The zero-order valence-corrected chi connectivity index (χ0v) is 13.7. The molecule has 0 spiro atoms. The average molecular weight is 308 g/mol. The maximum atomic E-state index is 10.2. The van der Waals surface area contributed by atoms with Crippen molar-refractivity contribution in [2.75, 3.05) is 18.4 Å². The second-order valence-corrected chi connectivity index (χ2v) is 6.99. The van der Waals surface area contributed by atoms with Crippen LogP contribution in [0.5, 0.6) is 0 Å². The van der Waals surface area contributed by atoms with E-state index in [-0.39, 0.29) is 12.0 Å². The smallest absolute Gasteiger partial charge is 0.321 e. The molecule has 0 amide bonds. The van der Waals surface area contributed by atoms with Gasteiger partial charge < -0.3 is 14.9 Å². The fourth-order valence-corrected chi connectivity index (χ4v) is 3.60. The van der Waals surface area contributed by atoms with E-state index in [9.17, 15) is 5.11 Å². The lowest BCUT2D eigenvalue weighted by molar-refractivity contribution is 0.00982. The van der Waals surface area contributed by atoms with E-state index < -0.39 is 0 Å². The van der Waals surface area contributed by atoms with Crippen molar-refractivity contribution >= 4 is 6.01 Å². The topological polar surface area (TPSA) is 74.4 Å². The predicted octanol–water partition coefficient (Wildman–Crippen LogP) is 2.37. The van der Waals surface area contributed by atoms with Gasteiger partial charge in [-0.15, -0.1) is 0 Å². The van der Waals surface area contributed by atoms with Gasteiger partial charge in [-0.3, -0.25) is 4.90 Å². The summed E-state index contributed by atoms with van der Waals surface area (Å²) in [6, 6.07) is 1.29. The number of aliphatic hydroxyl groups excluding tert-OH is 1. The lowest BCUT2D eigenvalue weighted by atomic mass is 9.89. The predicted molar refractivity (Wildman–Crippen MR) is 84.9 cm³/mol. The Balaban J connectivity index is 1.48. The minimum atomic E-state index is -0.136. The van der Waals surface area contributed by atoms with Crippen molar-refractivity contribution in [2.24, 2.45) is 0 Å². The van der Waals surface area contributed by atoms with Crippen molar-refractivity contribution in [3.8, 4) is 0 Å². The zero-order chi connectivity index (χ0) is 15.5. The highest BCUT2D eigenvalue weighted by atomic mass is 16.5. The number of nitrogens with one attached hydrogen (secondary N) is 1. The van der Waals surface area contributed by atoms with E-state index in [2.05, 4.69) is 34.2 Å². The van der Waals surface area contributed by atoms with Crippen molar-refractivity contribution < 1.29 is 9.63 Å². The molecule has 1 aliphatic heterocycles. The van der Waals surface area contributed by atoms with E-state index >= 15 is 0 Å². The summed E-state index contributed by atoms with van der Waals surface area (Å²) in [5.74, 6) is 1.04. The molecule has 1 saturated carbocycles. The Hall–Kier alpha value is -1.14. The Bertz CT molecular complexity index is 468. The second kappa shape index (κ2) is 6.96. The minimum Gasteiger partial charge on any atom is -0.391 e. The maximum Gasteiger partial charge on any atom is 0.321 e. The Morgan fingerprint density at radius 2 is 1.91 bits per heavy atom. The molecule has 2 unspecified atom stereocenters. The van der Waals surface area contributed by atoms with Gasteiger partial charge in [0, 0.05) is 31.1 Å². The molecule has 1 aromatic heterocycles. The summed E-state index contributed by atoms with van der Waals surface area (Å²) in [7, 11) is 0. The van der Waals surface area contributed by atoms with Crippen LogP contribution in [0.15, 0.2) is 4.52 Å². The Morgan fingerprint density at radius 3 is 2.55 bits per heavy atom. The molecule has 1 saturated heterocycles. The Labute approximate surface area is 132 Å². The van der Waals surface area contributed by atoms with E-state index in [1.165, 1.54) is 12.8 Å². The zero-order valence-electron chi connectivity index (χ0n) is 13.7. The first-order valence-electron chi connectivity index (χ1n) is 8.65. The molecule has 1 aliphatic carbocycles. The van der Waals surface area contributed by atoms with Crippen molar-refractivity contribution in [2.45, 2.75) is 76.5 Å². The molecule has 2 aliphatic rings. The van der Waals surface area contributed by atoms with Gasteiger partial charge in [0.05, 0.1) is 6.10 Å². The number of hydrogen-bond acceptors (Lipinski definition) is 6. The van der Waals surface area contributed by atoms with Gasteiger partial charge >= 0.3 is 6.01 Å². The molecule has 6 heteroatoms. The third-order valence-electron chi connectivity index (χ3n) is 4.98. The van der Waals surface area contributed by atoms with Gasteiger partial charge in [0.2, 0.25) is 0 Å². The first-order valence-corrected chi connectivity index (χ1v) is 8.65. The third-order valence-corrected chi connectivity index (χ3v) is 4.98. The minimum absolute atomic E-state index is 0.136. The highest BCUT2D eigenvalue weighted by molar-refractivity contribution is 5.21. The van der Waals surface area contributed by atoms with Crippen LogP contribution in [0.3, 0.4) is 0 Å². The molecule has 6 nitrogen and oxygen atoms in total. The van der Waals surface area contributed by atoms with Crippen molar-refractivity contribution in [1.29, 1.82) is 0 Å². The average Bonchev–Trinajstić information content (AvgIpc) is 2.98. The summed E-state index contributed by atoms with van der Waals surface area (Å²) in [5.41, 5.74) is 0. The molecule has 124 valence electrons.